The van der Waals surface area contributed by atoms with Crippen LogP contribution in [-0.4, -0.2) is 35.2 Å². The highest BCUT2D eigenvalue weighted by Crippen LogP contribution is 2.30. The van der Waals surface area contributed by atoms with Crippen LogP contribution in [0.5, 0.6) is 0 Å². The summed E-state index contributed by atoms with van der Waals surface area (Å²) in [6.07, 6.45) is -3.50. The predicted octanol–water partition coefficient (Wildman–Crippen LogP) is 1.36. The first-order valence-corrected chi connectivity index (χ1v) is 7.65. The summed E-state index contributed by atoms with van der Waals surface area (Å²) >= 11 is 0. The normalized spacial score (nSPS) is 18.7. The maximum atomic E-state index is 12.8. The van der Waals surface area contributed by atoms with Crippen molar-refractivity contribution in [3.05, 3.63) is 35.4 Å². The van der Waals surface area contributed by atoms with Gasteiger partial charge in [-0.25, -0.2) is 0 Å². The molecule has 0 radical (unpaired) electrons. The van der Waals surface area contributed by atoms with E-state index in [2.05, 4.69) is 5.32 Å². The van der Waals surface area contributed by atoms with Crippen LogP contribution in [0, 0.1) is 0 Å². The number of halogens is 3. The Kier molecular flexibility index (Phi) is 5.34. The minimum atomic E-state index is -4.50. The van der Waals surface area contributed by atoms with Crippen molar-refractivity contribution in [3.8, 4) is 0 Å². The van der Waals surface area contributed by atoms with Gasteiger partial charge in [-0.05, 0) is 30.5 Å². The lowest BCUT2D eigenvalue weighted by molar-refractivity contribution is -0.140. The standard InChI is InChI=1S/C16H18F3N3O3/c1-9(23)21-13(10-4-6-11(7-5-10)16(17,18)19)15(25)22-8-2-3-12(22)14(20)24/h4-7,12-13H,2-3,8H2,1H3,(H2,20,24)(H,21,23)/t12-,13?/m0/s1. The number of alkyl halides is 3. The fourth-order valence-electron chi connectivity index (χ4n) is 2.85. The Morgan fingerprint density at radius 1 is 1.24 bits per heavy atom. The van der Waals surface area contributed by atoms with Gasteiger partial charge < -0.3 is 16.0 Å². The summed E-state index contributed by atoms with van der Waals surface area (Å²) in [6.45, 7) is 1.49. The van der Waals surface area contributed by atoms with Crippen molar-refractivity contribution in [2.75, 3.05) is 6.54 Å². The van der Waals surface area contributed by atoms with Gasteiger partial charge in [0, 0.05) is 13.5 Å². The molecule has 0 aromatic heterocycles. The van der Waals surface area contributed by atoms with Crippen molar-refractivity contribution in [1.29, 1.82) is 0 Å². The van der Waals surface area contributed by atoms with Gasteiger partial charge in [0.2, 0.25) is 17.7 Å². The highest BCUT2D eigenvalue weighted by atomic mass is 19.4. The van der Waals surface area contributed by atoms with E-state index >= 15 is 0 Å². The molecule has 3 amide bonds. The number of carbonyl (C=O) groups is 3. The van der Waals surface area contributed by atoms with Crippen LogP contribution >= 0.6 is 0 Å². The molecule has 1 unspecified atom stereocenters. The van der Waals surface area contributed by atoms with E-state index in [9.17, 15) is 27.6 Å². The summed E-state index contributed by atoms with van der Waals surface area (Å²) < 4.78 is 38.0. The zero-order valence-corrected chi connectivity index (χ0v) is 13.5. The van der Waals surface area contributed by atoms with Gasteiger partial charge in [-0.15, -0.1) is 0 Å². The Morgan fingerprint density at radius 2 is 1.84 bits per heavy atom. The second kappa shape index (κ2) is 7.12. The molecule has 9 heteroatoms. The van der Waals surface area contributed by atoms with Crippen LogP contribution in [0.15, 0.2) is 24.3 Å². The monoisotopic (exact) mass is 357 g/mol. The molecule has 1 saturated heterocycles. The summed E-state index contributed by atoms with van der Waals surface area (Å²) in [5.74, 6) is -1.75. The molecule has 0 aliphatic carbocycles. The van der Waals surface area contributed by atoms with Crippen LogP contribution < -0.4 is 11.1 Å². The topological polar surface area (TPSA) is 92.5 Å². The summed E-state index contributed by atoms with van der Waals surface area (Å²) in [5, 5.41) is 2.43. The van der Waals surface area contributed by atoms with Gasteiger partial charge in [-0.1, -0.05) is 12.1 Å². The molecule has 2 atom stereocenters. The number of nitrogens with two attached hydrogens (primary N) is 1. The number of hydrogen-bond donors (Lipinski definition) is 2. The maximum Gasteiger partial charge on any atom is 0.416 e. The second-order valence-corrected chi connectivity index (χ2v) is 5.85. The van der Waals surface area contributed by atoms with Crippen molar-refractivity contribution >= 4 is 17.7 Å². The van der Waals surface area contributed by atoms with Crippen LogP contribution in [0.2, 0.25) is 0 Å². The van der Waals surface area contributed by atoms with Gasteiger partial charge >= 0.3 is 6.18 Å². The molecule has 3 N–H and O–H groups in total. The van der Waals surface area contributed by atoms with E-state index in [4.69, 9.17) is 5.73 Å². The lowest BCUT2D eigenvalue weighted by Gasteiger charge is -2.28. The maximum absolute atomic E-state index is 12.8. The van der Waals surface area contributed by atoms with E-state index in [1.54, 1.807) is 0 Å². The highest BCUT2D eigenvalue weighted by Gasteiger charge is 2.37. The Bertz CT molecular complexity index is 673. The van der Waals surface area contributed by atoms with Gasteiger partial charge in [0.1, 0.15) is 12.1 Å². The first-order valence-electron chi connectivity index (χ1n) is 7.65. The lowest BCUT2D eigenvalue weighted by atomic mass is 10.0. The zero-order valence-electron chi connectivity index (χ0n) is 13.5. The Balaban J connectivity index is 2.31. The molecule has 136 valence electrons. The quantitative estimate of drug-likeness (QED) is 0.852. The molecule has 25 heavy (non-hydrogen) atoms. The summed E-state index contributed by atoms with van der Waals surface area (Å²) in [7, 11) is 0. The van der Waals surface area contributed by atoms with Crippen molar-refractivity contribution in [2.45, 2.75) is 38.0 Å². The molecule has 6 nitrogen and oxygen atoms in total. The van der Waals surface area contributed by atoms with Gasteiger partial charge in [0.25, 0.3) is 0 Å². The van der Waals surface area contributed by atoms with Gasteiger partial charge in [0.15, 0.2) is 0 Å². The number of carbonyl (C=O) groups excluding carboxylic acids is 3. The van der Waals surface area contributed by atoms with Gasteiger partial charge in [-0.2, -0.15) is 13.2 Å². The van der Waals surface area contributed by atoms with Crippen LogP contribution in [-0.2, 0) is 20.6 Å². The first-order chi connectivity index (χ1) is 11.6. The minimum absolute atomic E-state index is 0.198. The number of hydrogen-bond acceptors (Lipinski definition) is 3. The molecule has 1 heterocycles. The van der Waals surface area contributed by atoms with Crippen molar-refractivity contribution < 1.29 is 27.6 Å². The molecular formula is C16H18F3N3O3. The number of nitrogens with one attached hydrogen (secondary N) is 1. The molecule has 1 aromatic rings. The van der Waals surface area contributed by atoms with E-state index in [-0.39, 0.29) is 5.56 Å². The Labute approximate surface area is 142 Å². The van der Waals surface area contributed by atoms with Gasteiger partial charge in [0.05, 0.1) is 5.56 Å². The number of nitrogens with zero attached hydrogens (tertiary/aromatic N) is 1. The lowest BCUT2D eigenvalue weighted by Crippen LogP contribution is -2.48. The number of amides is 3. The largest absolute Gasteiger partial charge is 0.416 e. The van der Waals surface area contributed by atoms with Crippen molar-refractivity contribution in [2.24, 2.45) is 5.73 Å². The third-order valence-electron chi connectivity index (χ3n) is 4.03. The van der Waals surface area contributed by atoms with Crippen LogP contribution in [0.1, 0.15) is 36.9 Å². The summed E-state index contributed by atoms with van der Waals surface area (Å²) in [6, 6.07) is 1.99. The number of primary amides is 1. The smallest absolute Gasteiger partial charge is 0.368 e. The van der Waals surface area contributed by atoms with Crippen molar-refractivity contribution in [1.82, 2.24) is 10.2 Å². The SMILES string of the molecule is CC(=O)NC(C(=O)N1CCC[C@H]1C(N)=O)c1ccc(C(F)(F)F)cc1. The molecule has 1 aliphatic rings. The summed E-state index contributed by atoms with van der Waals surface area (Å²) in [4.78, 5) is 36.9. The number of benzene rings is 1. The Morgan fingerprint density at radius 3 is 2.32 bits per heavy atom. The zero-order chi connectivity index (χ0) is 18.8. The minimum Gasteiger partial charge on any atom is -0.368 e. The second-order valence-electron chi connectivity index (χ2n) is 5.85. The third kappa shape index (κ3) is 4.28. The Hall–Kier alpha value is -2.58. The van der Waals surface area contributed by atoms with Crippen LogP contribution in [0.4, 0.5) is 13.2 Å². The average Bonchev–Trinajstić information content (AvgIpc) is 3.01. The van der Waals surface area contributed by atoms with Crippen LogP contribution in [0.25, 0.3) is 0 Å². The van der Waals surface area contributed by atoms with Gasteiger partial charge in [-0.3, -0.25) is 14.4 Å². The fraction of sp³-hybridized carbons (Fsp3) is 0.438. The molecule has 2 rings (SSSR count). The number of rotatable bonds is 4. The average molecular weight is 357 g/mol. The van der Waals surface area contributed by atoms with E-state index in [1.165, 1.54) is 11.8 Å². The van der Waals surface area contributed by atoms with E-state index < -0.39 is 41.5 Å². The van der Waals surface area contributed by atoms with E-state index in [0.29, 0.717) is 19.4 Å². The fourth-order valence-corrected chi connectivity index (χ4v) is 2.85. The predicted molar refractivity (Wildman–Crippen MR) is 81.9 cm³/mol. The summed E-state index contributed by atoms with van der Waals surface area (Å²) in [5.41, 5.74) is 4.63. The number of likely N-dealkylation sites (tertiary alicyclic amines) is 1. The molecule has 1 aliphatic heterocycles. The third-order valence-corrected chi connectivity index (χ3v) is 4.03. The molecule has 0 spiro atoms. The van der Waals surface area contributed by atoms with E-state index in [1.807, 2.05) is 0 Å². The van der Waals surface area contributed by atoms with E-state index in [0.717, 1.165) is 24.3 Å². The molecular weight excluding hydrogens is 339 g/mol. The van der Waals surface area contributed by atoms with Crippen molar-refractivity contribution in [3.63, 3.8) is 0 Å². The first kappa shape index (κ1) is 18.8. The molecule has 1 fully saturated rings. The molecule has 0 bridgehead atoms. The molecule has 0 saturated carbocycles. The van der Waals surface area contributed by atoms with Crippen LogP contribution in [0.3, 0.4) is 0 Å². The highest BCUT2D eigenvalue weighted by molar-refractivity contribution is 5.92. The molecule has 1 aromatic carbocycles.